The lowest BCUT2D eigenvalue weighted by atomic mass is 10.1. The quantitative estimate of drug-likeness (QED) is 0.578. The molecule has 0 aliphatic heterocycles. The van der Waals surface area contributed by atoms with Gasteiger partial charge in [0.05, 0.1) is 5.56 Å². The molecule has 1 rings (SSSR count). The fourth-order valence-electron chi connectivity index (χ4n) is 1.08. The van der Waals surface area contributed by atoms with Gasteiger partial charge in [0.2, 0.25) is 0 Å². The van der Waals surface area contributed by atoms with E-state index in [-0.39, 0.29) is 0 Å². The van der Waals surface area contributed by atoms with Crippen LogP contribution in [0.4, 0.5) is 17.6 Å². The normalized spacial score (nSPS) is 11.8. The molecule has 1 aromatic carbocycles. The number of nitrogens with one attached hydrogen (secondary N) is 1. The van der Waals surface area contributed by atoms with Gasteiger partial charge in [-0.1, -0.05) is 6.07 Å². The van der Waals surface area contributed by atoms with Gasteiger partial charge < -0.3 is 5.21 Å². The zero-order chi connectivity index (χ0) is 10.8. The minimum atomic E-state index is -4.62. The molecule has 0 radical (unpaired) electrons. The molecule has 0 saturated heterocycles. The van der Waals surface area contributed by atoms with Crippen LogP contribution < -0.4 is 5.48 Å². The number of alkyl halides is 3. The molecule has 2 nitrogen and oxygen atoms in total. The highest BCUT2D eigenvalue weighted by atomic mass is 19.4. The summed E-state index contributed by atoms with van der Waals surface area (Å²) in [6.45, 7) is -0.582. The number of rotatable bonds is 2. The summed E-state index contributed by atoms with van der Waals surface area (Å²) in [5.41, 5.74) is -0.182. The van der Waals surface area contributed by atoms with E-state index >= 15 is 0 Å². The highest BCUT2D eigenvalue weighted by Crippen LogP contribution is 2.32. The van der Waals surface area contributed by atoms with Crippen LogP contribution in [0.25, 0.3) is 0 Å². The van der Waals surface area contributed by atoms with Crippen molar-refractivity contribution in [3.8, 4) is 0 Å². The van der Waals surface area contributed by atoms with Gasteiger partial charge in [0.25, 0.3) is 0 Å². The third-order valence-corrected chi connectivity index (χ3v) is 1.68. The van der Waals surface area contributed by atoms with Crippen LogP contribution in [0, 0.1) is 5.82 Å². The molecular weight excluding hydrogens is 202 g/mol. The number of hydrogen-bond acceptors (Lipinski definition) is 2. The van der Waals surface area contributed by atoms with Crippen LogP contribution in [0.3, 0.4) is 0 Å². The zero-order valence-electron chi connectivity index (χ0n) is 6.90. The van der Waals surface area contributed by atoms with E-state index in [0.29, 0.717) is 0 Å². The number of hydroxylamine groups is 1. The molecule has 0 aliphatic carbocycles. The summed E-state index contributed by atoms with van der Waals surface area (Å²) in [6.07, 6.45) is -4.62. The predicted octanol–water partition coefficient (Wildman–Crippen LogP) is 2.32. The molecule has 6 heteroatoms. The van der Waals surface area contributed by atoms with E-state index in [1.165, 1.54) is 5.48 Å². The summed E-state index contributed by atoms with van der Waals surface area (Å²) in [5, 5.41) is 8.25. The van der Waals surface area contributed by atoms with Crippen molar-refractivity contribution < 1.29 is 22.8 Å². The second kappa shape index (κ2) is 3.93. The number of benzene rings is 1. The summed E-state index contributed by atoms with van der Waals surface area (Å²) in [5.74, 6) is -0.999. The minimum Gasteiger partial charge on any atom is -0.316 e. The Balaban J connectivity index is 3.21. The molecule has 0 fully saturated rings. The Labute approximate surface area is 77.1 Å². The monoisotopic (exact) mass is 209 g/mol. The Bertz CT molecular complexity index is 324. The van der Waals surface area contributed by atoms with E-state index in [4.69, 9.17) is 5.21 Å². The van der Waals surface area contributed by atoms with E-state index in [9.17, 15) is 17.6 Å². The summed E-state index contributed by atoms with van der Waals surface area (Å²) in [6, 6.07) is 2.64. The Morgan fingerprint density at radius 3 is 2.43 bits per heavy atom. The average molecular weight is 209 g/mol. The van der Waals surface area contributed by atoms with Gasteiger partial charge in [-0.15, -0.1) is 0 Å². The fourth-order valence-corrected chi connectivity index (χ4v) is 1.08. The Hall–Kier alpha value is -1.14. The predicted molar refractivity (Wildman–Crippen MR) is 40.0 cm³/mol. The number of halogens is 4. The van der Waals surface area contributed by atoms with Crippen LogP contribution in [-0.4, -0.2) is 5.21 Å². The summed E-state index contributed by atoms with van der Waals surface area (Å²) in [7, 11) is 0. The van der Waals surface area contributed by atoms with Crippen molar-refractivity contribution in [3.05, 3.63) is 35.1 Å². The standard InChI is InChI=1S/C8H7F4NO/c9-7-3-1-2-6(8(10,11)12)5(7)4-13-14/h1-3,13-14H,4H2. The lowest BCUT2D eigenvalue weighted by molar-refractivity contribution is -0.138. The van der Waals surface area contributed by atoms with Gasteiger partial charge in [-0.25, -0.2) is 9.87 Å². The van der Waals surface area contributed by atoms with Crippen molar-refractivity contribution >= 4 is 0 Å². The molecule has 0 bridgehead atoms. The van der Waals surface area contributed by atoms with E-state index in [1.54, 1.807) is 0 Å². The first kappa shape index (κ1) is 10.9. The van der Waals surface area contributed by atoms with Gasteiger partial charge in [0.1, 0.15) is 5.82 Å². The summed E-state index contributed by atoms with van der Waals surface area (Å²) in [4.78, 5) is 0. The van der Waals surface area contributed by atoms with Crippen LogP contribution in [0.5, 0.6) is 0 Å². The fraction of sp³-hybridized carbons (Fsp3) is 0.250. The lowest BCUT2D eigenvalue weighted by Gasteiger charge is -2.12. The molecule has 14 heavy (non-hydrogen) atoms. The molecule has 0 aliphatic rings. The maximum atomic E-state index is 12.9. The van der Waals surface area contributed by atoms with Crippen LogP contribution >= 0.6 is 0 Å². The van der Waals surface area contributed by atoms with Gasteiger partial charge in [-0.05, 0) is 12.1 Å². The first-order valence-corrected chi connectivity index (χ1v) is 3.68. The maximum absolute atomic E-state index is 12.9. The first-order valence-electron chi connectivity index (χ1n) is 3.68. The molecule has 0 aromatic heterocycles. The van der Waals surface area contributed by atoms with Crippen molar-refractivity contribution in [3.63, 3.8) is 0 Å². The second-order valence-electron chi connectivity index (χ2n) is 2.60. The molecule has 1 aromatic rings. The van der Waals surface area contributed by atoms with Gasteiger partial charge >= 0.3 is 6.18 Å². The third-order valence-electron chi connectivity index (χ3n) is 1.68. The van der Waals surface area contributed by atoms with Gasteiger partial charge in [-0.3, -0.25) is 0 Å². The number of hydrogen-bond donors (Lipinski definition) is 2. The molecule has 0 saturated carbocycles. The van der Waals surface area contributed by atoms with Crippen LogP contribution in [0.1, 0.15) is 11.1 Å². The highest BCUT2D eigenvalue weighted by molar-refractivity contribution is 5.30. The van der Waals surface area contributed by atoms with Crippen molar-refractivity contribution in [2.45, 2.75) is 12.7 Å². The smallest absolute Gasteiger partial charge is 0.316 e. The molecule has 0 heterocycles. The molecular formula is C8H7F4NO. The van der Waals surface area contributed by atoms with Crippen molar-refractivity contribution in [1.82, 2.24) is 5.48 Å². The van der Waals surface area contributed by atoms with E-state index in [2.05, 4.69) is 0 Å². The largest absolute Gasteiger partial charge is 0.416 e. The molecule has 0 spiro atoms. The van der Waals surface area contributed by atoms with E-state index in [0.717, 1.165) is 18.2 Å². The van der Waals surface area contributed by atoms with Crippen LogP contribution in [-0.2, 0) is 12.7 Å². The van der Waals surface area contributed by atoms with Crippen molar-refractivity contribution in [2.75, 3.05) is 0 Å². The highest BCUT2D eigenvalue weighted by Gasteiger charge is 2.34. The third kappa shape index (κ3) is 2.21. The maximum Gasteiger partial charge on any atom is 0.416 e. The minimum absolute atomic E-state index is 0.582. The van der Waals surface area contributed by atoms with E-state index in [1.807, 2.05) is 0 Å². The van der Waals surface area contributed by atoms with Gasteiger partial charge in [-0.2, -0.15) is 13.2 Å². The lowest BCUT2D eigenvalue weighted by Crippen LogP contribution is -2.16. The van der Waals surface area contributed by atoms with Crippen LogP contribution in [0.2, 0.25) is 0 Å². The Morgan fingerprint density at radius 1 is 1.29 bits per heavy atom. The zero-order valence-corrected chi connectivity index (χ0v) is 6.90. The van der Waals surface area contributed by atoms with Gasteiger partial charge in [0, 0.05) is 12.1 Å². The van der Waals surface area contributed by atoms with Crippen LogP contribution in [0.15, 0.2) is 18.2 Å². The van der Waals surface area contributed by atoms with E-state index < -0.39 is 29.7 Å². The Kier molecular flexibility index (Phi) is 3.07. The topological polar surface area (TPSA) is 32.3 Å². The first-order chi connectivity index (χ1) is 6.46. The average Bonchev–Trinajstić information content (AvgIpc) is 2.07. The molecule has 0 amide bonds. The summed E-state index contributed by atoms with van der Waals surface area (Å²) >= 11 is 0. The SMILES string of the molecule is ONCc1c(F)cccc1C(F)(F)F. The molecule has 0 unspecified atom stereocenters. The van der Waals surface area contributed by atoms with Gasteiger partial charge in [0.15, 0.2) is 0 Å². The van der Waals surface area contributed by atoms with Crippen molar-refractivity contribution in [2.24, 2.45) is 0 Å². The molecule has 2 N–H and O–H groups in total. The second-order valence-corrected chi connectivity index (χ2v) is 2.60. The molecule has 78 valence electrons. The Morgan fingerprint density at radius 2 is 1.93 bits per heavy atom. The summed E-state index contributed by atoms with van der Waals surface area (Å²) < 4.78 is 49.7. The van der Waals surface area contributed by atoms with Crippen molar-refractivity contribution in [1.29, 1.82) is 0 Å². The molecule has 0 atom stereocenters.